The first kappa shape index (κ1) is 24.7. The number of nitrogens with zero attached hydrogens (tertiary/aromatic N) is 3. The summed E-state index contributed by atoms with van der Waals surface area (Å²) in [7, 11) is -3.95. The van der Waals surface area contributed by atoms with Gasteiger partial charge in [0.25, 0.3) is 5.91 Å². The number of nitriles is 1. The van der Waals surface area contributed by atoms with Crippen molar-refractivity contribution in [2.45, 2.75) is 24.5 Å². The molecule has 1 saturated heterocycles. The van der Waals surface area contributed by atoms with Crippen molar-refractivity contribution in [2.24, 2.45) is 0 Å². The van der Waals surface area contributed by atoms with Gasteiger partial charge in [-0.2, -0.15) is 22.7 Å². The molecule has 0 saturated carbocycles. The van der Waals surface area contributed by atoms with Gasteiger partial charge in [0.1, 0.15) is 6.54 Å². The zero-order valence-electron chi connectivity index (χ0n) is 17.8. The monoisotopic (exact) mass is 481 g/mol. The van der Waals surface area contributed by atoms with E-state index in [1.807, 2.05) is 6.07 Å². The summed E-state index contributed by atoms with van der Waals surface area (Å²) in [6.45, 7) is 0.472. The van der Waals surface area contributed by atoms with Crippen LogP contribution in [0.15, 0.2) is 47.4 Å². The molecule has 1 aliphatic rings. The predicted molar refractivity (Wildman–Crippen MR) is 113 cm³/mol. The lowest BCUT2D eigenvalue weighted by Gasteiger charge is -2.27. The smallest absolute Gasteiger partial charge is 0.379 e. The number of rotatable bonds is 6. The maximum atomic E-state index is 13.2. The van der Waals surface area contributed by atoms with Crippen LogP contribution in [0, 0.1) is 18.3 Å². The summed E-state index contributed by atoms with van der Waals surface area (Å²) in [5.41, 5.74) is 0.960. The highest BCUT2D eigenvalue weighted by Crippen LogP contribution is 2.25. The molecular weight excluding hydrogens is 459 g/mol. The molecule has 1 amide bonds. The van der Waals surface area contributed by atoms with Crippen molar-refractivity contribution in [1.29, 1.82) is 5.26 Å². The van der Waals surface area contributed by atoms with Crippen molar-refractivity contribution in [3.8, 4) is 6.07 Å². The Morgan fingerprint density at radius 3 is 2.36 bits per heavy atom. The van der Waals surface area contributed by atoms with Crippen molar-refractivity contribution in [3.63, 3.8) is 0 Å². The number of benzene rings is 2. The van der Waals surface area contributed by atoms with Gasteiger partial charge in [-0.25, -0.2) is 8.42 Å². The minimum atomic E-state index is -4.66. The van der Waals surface area contributed by atoms with Crippen LogP contribution >= 0.6 is 0 Å². The van der Waals surface area contributed by atoms with Crippen molar-refractivity contribution in [1.82, 2.24) is 9.21 Å². The molecule has 3 rings (SSSR count). The molecule has 1 fully saturated rings. The van der Waals surface area contributed by atoms with Crippen LogP contribution in [-0.4, -0.2) is 62.6 Å². The van der Waals surface area contributed by atoms with Crippen LogP contribution in [0.1, 0.15) is 27.0 Å². The normalized spacial score (nSPS) is 15.1. The number of aryl methyl sites for hydroxylation is 1. The van der Waals surface area contributed by atoms with Crippen molar-refractivity contribution in [2.75, 3.05) is 32.8 Å². The van der Waals surface area contributed by atoms with E-state index in [1.165, 1.54) is 40.7 Å². The third kappa shape index (κ3) is 6.10. The topological polar surface area (TPSA) is 90.7 Å². The third-order valence-electron chi connectivity index (χ3n) is 5.14. The predicted octanol–water partition coefficient (Wildman–Crippen LogP) is 3.09. The fourth-order valence-corrected chi connectivity index (χ4v) is 5.10. The number of carbonyl (C=O) groups excluding carboxylic acids is 1. The summed E-state index contributed by atoms with van der Waals surface area (Å²) >= 11 is 0. The van der Waals surface area contributed by atoms with Gasteiger partial charge in [0.05, 0.1) is 29.7 Å². The Morgan fingerprint density at radius 1 is 1.15 bits per heavy atom. The van der Waals surface area contributed by atoms with Gasteiger partial charge >= 0.3 is 6.18 Å². The van der Waals surface area contributed by atoms with Crippen molar-refractivity contribution < 1.29 is 31.1 Å². The molecule has 33 heavy (non-hydrogen) atoms. The van der Waals surface area contributed by atoms with Gasteiger partial charge in [0.15, 0.2) is 0 Å². The van der Waals surface area contributed by atoms with Crippen LogP contribution in [0.25, 0.3) is 0 Å². The molecule has 0 atom stereocenters. The highest BCUT2D eigenvalue weighted by atomic mass is 32.2. The zero-order valence-corrected chi connectivity index (χ0v) is 18.6. The molecule has 11 heteroatoms. The molecule has 0 N–H and O–H groups in total. The Kier molecular flexibility index (Phi) is 7.41. The van der Waals surface area contributed by atoms with Gasteiger partial charge in [-0.15, -0.1) is 0 Å². The number of hydrogen-bond donors (Lipinski definition) is 0. The number of sulfonamides is 1. The molecule has 0 aromatic heterocycles. The number of alkyl halides is 3. The number of ether oxygens (including phenoxy) is 1. The minimum Gasteiger partial charge on any atom is -0.379 e. The van der Waals surface area contributed by atoms with Gasteiger partial charge < -0.3 is 9.64 Å². The molecule has 2 aromatic rings. The highest BCUT2D eigenvalue weighted by Gasteiger charge is 2.34. The van der Waals surface area contributed by atoms with E-state index in [2.05, 4.69) is 0 Å². The Bertz CT molecular complexity index is 1150. The third-order valence-corrected chi connectivity index (χ3v) is 7.18. The number of carbonyl (C=O) groups is 1. The lowest BCUT2D eigenvalue weighted by molar-refractivity contribution is -0.141. The van der Waals surface area contributed by atoms with Gasteiger partial charge in [-0.1, -0.05) is 18.2 Å². The molecule has 0 unspecified atom stereocenters. The van der Waals surface area contributed by atoms with Gasteiger partial charge in [0, 0.05) is 25.2 Å². The first-order valence-corrected chi connectivity index (χ1v) is 11.5. The molecule has 0 spiro atoms. The number of amides is 1. The molecule has 7 nitrogen and oxygen atoms in total. The second-order valence-electron chi connectivity index (χ2n) is 7.58. The average molecular weight is 481 g/mol. The van der Waals surface area contributed by atoms with E-state index in [9.17, 15) is 26.4 Å². The second-order valence-corrected chi connectivity index (χ2v) is 9.49. The fraction of sp³-hybridized carbons (Fsp3) is 0.364. The summed E-state index contributed by atoms with van der Waals surface area (Å²) in [5, 5.41) is 8.89. The van der Waals surface area contributed by atoms with Crippen LogP contribution in [0.3, 0.4) is 0 Å². The van der Waals surface area contributed by atoms with Crippen LogP contribution in [-0.2, 0) is 21.3 Å². The number of hydrogen-bond acceptors (Lipinski definition) is 5. The van der Waals surface area contributed by atoms with Crippen LogP contribution < -0.4 is 0 Å². The van der Waals surface area contributed by atoms with Crippen molar-refractivity contribution in [3.05, 3.63) is 64.7 Å². The Morgan fingerprint density at radius 2 is 1.79 bits per heavy atom. The Balaban J connectivity index is 1.93. The fourth-order valence-electron chi connectivity index (χ4n) is 3.44. The lowest BCUT2D eigenvalue weighted by atomic mass is 10.1. The second kappa shape index (κ2) is 9.91. The van der Waals surface area contributed by atoms with E-state index in [4.69, 9.17) is 10.00 Å². The summed E-state index contributed by atoms with van der Waals surface area (Å²) in [6, 6.07) is 11.6. The standard InChI is InChI=1S/C22H22F3N3O4S/c1-16-2-7-19(12-20(16)33(30,31)28-8-10-32-11-9-28)21(29)27(15-22(23,24)25)14-18-5-3-17(13-26)4-6-18/h2-7,12H,8-11,14-15H2,1H3. The molecule has 1 aliphatic heterocycles. The van der Waals surface area contributed by atoms with Gasteiger partial charge in [0.2, 0.25) is 10.0 Å². The molecular formula is C22H22F3N3O4S. The van der Waals surface area contributed by atoms with E-state index < -0.39 is 28.7 Å². The Labute approximate surface area is 190 Å². The van der Waals surface area contributed by atoms with E-state index in [0.29, 0.717) is 21.6 Å². The summed E-state index contributed by atoms with van der Waals surface area (Å²) in [6.07, 6.45) is -4.66. The zero-order chi connectivity index (χ0) is 24.2. The molecule has 0 radical (unpaired) electrons. The maximum Gasteiger partial charge on any atom is 0.406 e. The molecule has 1 heterocycles. The summed E-state index contributed by atoms with van der Waals surface area (Å²) < 4.78 is 72.2. The molecule has 2 aromatic carbocycles. The van der Waals surface area contributed by atoms with Crippen LogP contribution in [0.4, 0.5) is 13.2 Å². The van der Waals surface area contributed by atoms with Gasteiger partial charge in [-0.3, -0.25) is 4.79 Å². The largest absolute Gasteiger partial charge is 0.406 e. The van der Waals surface area contributed by atoms with Crippen LogP contribution in [0.5, 0.6) is 0 Å². The van der Waals surface area contributed by atoms with E-state index in [0.717, 1.165) is 6.07 Å². The van der Waals surface area contributed by atoms with Crippen LogP contribution in [0.2, 0.25) is 0 Å². The first-order chi connectivity index (χ1) is 15.5. The average Bonchev–Trinajstić information content (AvgIpc) is 2.78. The first-order valence-electron chi connectivity index (χ1n) is 10.0. The van der Waals surface area contributed by atoms with E-state index >= 15 is 0 Å². The lowest BCUT2D eigenvalue weighted by Crippen LogP contribution is -2.41. The number of halogens is 3. The summed E-state index contributed by atoms with van der Waals surface area (Å²) in [5.74, 6) is -0.949. The Hall–Kier alpha value is -2.94. The summed E-state index contributed by atoms with van der Waals surface area (Å²) in [4.78, 5) is 13.5. The molecule has 176 valence electrons. The van der Waals surface area contributed by atoms with E-state index in [-0.39, 0.29) is 43.3 Å². The molecule has 0 aliphatic carbocycles. The minimum absolute atomic E-state index is 0.124. The quantitative estimate of drug-likeness (QED) is 0.633. The highest BCUT2D eigenvalue weighted by molar-refractivity contribution is 7.89. The maximum absolute atomic E-state index is 13.2. The molecule has 0 bridgehead atoms. The number of morpholine rings is 1. The van der Waals surface area contributed by atoms with Crippen molar-refractivity contribution >= 4 is 15.9 Å². The van der Waals surface area contributed by atoms with E-state index in [1.54, 1.807) is 6.92 Å². The SMILES string of the molecule is Cc1ccc(C(=O)N(Cc2ccc(C#N)cc2)CC(F)(F)F)cc1S(=O)(=O)N1CCOCC1. The van der Waals surface area contributed by atoms with Gasteiger partial charge in [-0.05, 0) is 42.3 Å².